The summed E-state index contributed by atoms with van der Waals surface area (Å²) in [5.74, 6) is 2.32. The third-order valence-electron chi connectivity index (χ3n) is 9.47. The number of amides is 1. The van der Waals surface area contributed by atoms with E-state index in [4.69, 9.17) is 29.9 Å². The van der Waals surface area contributed by atoms with Crippen LogP contribution in [-0.4, -0.2) is 74.8 Å². The van der Waals surface area contributed by atoms with E-state index in [2.05, 4.69) is 23.6 Å². The van der Waals surface area contributed by atoms with E-state index in [-0.39, 0.29) is 24.0 Å². The molecule has 1 amide bonds. The van der Waals surface area contributed by atoms with Crippen LogP contribution in [0.4, 0.5) is 0 Å². The van der Waals surface area contributed by atoms with E-state index in [1.165, 1.54) is 12.8 Å². The number of imidazole rings is 1. The molecule has 0 aromatic carbocycles. The fourth-order valence-corrected chi connectivity index (χ4v) is 7.01. The fraction of sp³-hybridized carbons (Fsp3) is 0.516. The summed E-state index contributed by atoms with van der Waals surface area (Å²) in [6.45, 7) is 5.06. The van der Waals surface area contributed by atoms with Gasteiger partial charge in [-0.1, -0.05) is 0 Å². The van der Waals surface area contributed by atoms with Crippen molar-refractivity contribution in [3.05, 3.63) is 41.6 Å². The number of pyridine rings is 2. The first-order chi connectivity index (χ1) is 20.0. The second-order valence-electron chi connectivity index (χ2n) is 12.3. The van der Waals surface area contributed by atoms with Crippen LogP contribution in [0.1, 0.15) is 48.2 Å². The molecule has 214 valence electrons. The lowest BCUT2D eigenvalue weighted by Gasteiger charge is -2.25. The minimum atomic E-state index is 0.0153. The zero-order valence-corrected chi connectivity index (χ0v) is 23.6. The summed E-state index contributed by atoms with van der Waals surface area (Å²) in [6, 6.07) is 10.3. The number of nitrogens with two attached hydrogens (primary N) is 1. The fourth-order valence-electron chi connectivity index (χ4n) is 7.01. The highest BCUT2D eigenvalue weighted by molar-refractivity contribution is 5.96. The van der Waals surface area contributed by atoms with Crippen LogP contribution >= 0.6 is 0 Å². The predicted molar refractivity (Wildman–Crippen MR) is 153 cm³/mol. The minimum Gasteiger partial charge on any atom is -0.482 e. The predicted octanol–water partition coefficient (Wildman–Crippen LogP) is 3.81. The van der Waals surface area contributed by atoms with Gasteiger partial charge in [0, 0.05) is 53.7 Å². The molecule has 10 nitrogen and oxygen atoms in total. The lowest BCUT2D eigenvalue weighted by atomic mass is 9.97. The van der Waals surface area contributed by atoms with Crippen molar-refractivity contribution >= 4 is 22.6 Å². The average molecular weight is 557 g/mol. The maximum atomic E-state index is 13.7. The Bertz CT molecular complexity index is 1670. The first kappa shape index (κ1) is 25.1. The molecule has 10 heteroatoms. The van der Waals surface area contributed by atoms with Gasteiger partial charge in [0.25, 0.3) is 5.91 Å². The van der Waals surface area contributed by atoms with Gasteiger partial charge in [-0.3, -0.25) is 9.20 Å². The van der Waals surface area contributed by atoms with E-state index >= 15 is 0 Å². The highest BCUT2D eigenvalue weighted by atomic mass is 16.5. The number of carbonyl (C=O) groups is 1. The molecule has 8 rings (SSSR count). The Morgan fingerprint density at radius 3 is 2.63 bits per heavy atom. The largest absolute Gasteiger partial charge is 0.482 e. The van der Waals surface area contributed by atoms with Gasteiger partial charge < -0.3 is 29.4 Å². The van der Waals surface area contributed by atoms with Crippen molar-refractivity contribution in [3.63, 3.8) is 0 Å². The van der Waals surface area contributed by atoms with Crippen LogP contribution in [0.5, 0.6) is 11.8 Å². The van der Waals surface area contributed by atoms with E-state index in [0.717, 1.165) is 67.1 Å². The van der Waals surface area contributed by atoms with E-state index in [0.29, 0.717) is 41.4 Å². The number of aromatic nitrogens is 4. The standard InChI is InChI=1S/C31H36N6O4/c1-17-29(25-9-20-5-8-27(41-16-19-14-40-15-19)34-30(20)35(25)13-18-3-4-18)33-26-10-21(11-28(39-2)36(17)26)31(38)37-22-6-7-24(37)23(32)12-22/h5,8-11,18-19,22-24H,3-4,6-7,12-16,32H2,1-2H3/t22-,23+,24+/m0/s1. The van der Waals surface area contributed by atoms with E-state index in [1.807, 2.05) is 27.5 Å². The van der Waals surface area contributed by atoms with Crippen molar-refractivity contribution in [1.29, 1.82) is 0 Å². The maximum absolute atomic E-state index is 13.7. The molecule has 41 heavy (non-hydrogen) atoms. The first-order valence-corrected chi connectivity index (χ1v) is 14.8. The molecule has 2 bridgehead atoms. The summed E-state index contributed by atoms with van der Waals surface area (Å²) in [4.78, 5) is 25.8. The Balaban J connectivity index is 1.20. The number of nitrogens with zero attached hydrogens (tertiary/aromatic N) is 5. The van der Waals surface area contributed by atoms with Gasteiger partial charge in [0.1, 0.15) is 17.0 Å². The highest BCUT2D eigenvalue weighted by Crippen LogP contribution is 2.40. The molecule has 3 saturated heterocycles. The molecule has 0 radical (unpaired) electrons. The summed E-state index contributed by atoms with van der Waals surface area (Å²) < 4.78 is 21.4. The first-order valence-electron chi connectivity index (χ1n) is 14.8. The summed E-state index contributed by atoms with van der Waals surface area (Å²) in [6.07, 6.45) is 5.33. The van der Waals surface area contributed by atoms with Crippen molar-refractivity contribution in [2.45, 2.75) is 63.7 Å². The number of hydrogen-bond donors (Lipinski definition) is 1. The second-order valence-corrected chi connectivity index (χ2v) is 12.3. The number of hydrogen-bond acceptors (Lipinski definition) is 7. The third kappa shape index (κ3) is 4.10. The summed E-state index contributed by atoms with van der Waals surface area (Å²) >= 11 is 0. The minimum absolute atomic E-state index is 0.0153. The van der Waals surface area contributed by atoms with Crippen LogP contribution in [-0.2, 0) is 11.3 Å². The Hall–Kier alpha value is -3.63. The lowest BCUT2D eigenvalue weighted by Crippen LogP contribution is -2.40. The molecule has 7 heterocycles. The molecule has 4 fully saturated rings. The van der Waals surface area contributed by atoms with Crippen molar-refractivity contribution in [3.8, 4) is 23.1 Å². The van der Waals surface area contributed by atoms with Crippen LogP contribution in [0.2, 0.25) is 0 Å². The van der Waals surface area contributed by atoms with Gasteiger partial charge in [-0.15, -0.1) is 0 Å². The van der Waals surface area contributed by atoms with Crippen molar-refractivity contribution in [2.24, 2.45) is 17.6 Å². The molecule has 4 aromatic rings. The van der Waals surface area contributed by atoms with Gasteiger partial charge in [0.05, 0.1) is 38.3 Å². The second kappa shape index (κ2) is 9.46. The topological polar surface area (TPSA) is 109 Å². The van der Waals surface area contributed by atoms with Crippen molar-refractivity contribution in [1.82, 2.24) is 23.8 Å². The van der Waals surface area contributed by atoms with Gasteiger partial charge in [-0.05, 0) is 63.1 Å². The summed E-state index contributed by atoms with van der Waals surface area (Å²) in [5.41, 5.74) is 11.4. The molecule has 4 aromatic heterocycles. The molecule has 1 saturated carbocycles. The van der Waals surface area contributed by atoms with Crippen LogP contribution < -0.4 is 15.2 Å². The molecular weight excluding hydrogens is 520 g/mol. The normalized spacial score (nSPS) is 24.0. The smallest absolute Gasteiger partial charge is 0.254 e. The van der Waals surface area contributed by atoms with Crippen molar-refractivity contribution in [2.75, 3.05) is 26.9 Å². The number of aryl methyl sites for hydroxylation is 1. The Morgan fingerprint density at radius 1 is 1.10 bits per heavy atom. The number of fused-ring (bicyclic) bond motifs is 4. The zero-order chi connectivity index (χ0) is 27.8. The molecule has 3 aliphatic heterocycles. The number of ether oxygens (including phenoxy) is 3. The molecule has 0 unspecified atom stereocenters. The molecule has 4 aliphatic rings. The van der Waals surface area contributed by atoms with Gasteiger partial charge in [0.2, 0.25) is 5.88 Å². The van der Waals surface area contributed by atoms with Crippen LogP contribution in [0.15, 0.2) is 30.3 Å². The highest BCUT2D eigenvalue weighted by Gasteiger charge is 2.47. The van der Waals surface area contributed by atoms with Crippen LogP contribution in [0, 0.1) is 18.8 Å². The Labute approximate surface area is 238 Å². The van der Waals surface area contributed by atoms with E-state index < -0.39 is 0 Å². The number of carbonyl (C=O) groups excluding carboxylic acids is 1. The van der Waals surface area contributed by atoms with Crippen molar-refractivity contribution < 1.29 is 19.0 Å². The zero-order valence-electron chi connectivity index (χ0n) is 23.6. The number of rotatable bonds is 8. The van der Waals surface area contributed by atoms with E-state index in [9.17, 15) is 4.79 Å². The van der Waals surface area contributed by atoms with Gasteiger partial charge in [-0.25, -0.2) is 4.98 Å². The Kier molecular flexibility index (Phi) is 5.79. The van der Waals surface area contributed by atoms with Gasteiger partial charge >= 0.3 is 0 Å². The molecular formula is C31H36N6O4. The van der Waals surface area contributed by atoms with E-state index in [1.54, 1.807) is 7.11 Å². The summed E-state index contributed by atoms with van der Waals surface area (Å²) in [7, 11) is 1.64. The average Bonchev–Trinajstić information content (AvgIpc) is 3.27. The molecule has 1 aliphatic carbocycles. The number of methoxy groups -OCH3 is 1. The monoisotopic (exact) mass is 556 g/mol. The maximum Gasteiger partial charge on any atom is 0.254 e. The van der Waals surface area contributed by atoms with Gasteiger partial charge in [-0.2, -0.15) is 4.98 Å². The third-order valence-corrected chi connectivity index (χ3v) is 9.47. The Morgan fingerprint density at radius 2 is 1.95 bits per heavy atom. The van der Waals surface area contributed by atoms with Crippen LogP contribution in [0.3, 0.4) is 0 Å². The summed E-state index contributed by atoms with van der Waals surface area (Å²) in [5, 5.41) is 1.06. The quantitative estimate of drug-likeness (QED) is 0.352. The molecule has 2 N–H and O–H groups in total. The SMILES string of the molecule is COc1cc(C(=O)N2[C@H]3CC[C@@H]2[C@H](N)C3)cc2nc(-c3cc4ccc(OCC5COC5)nc4n3CC3CC3)c(C)n12. The van der Waals surface area contributed by atoms with Gasteiger partial charge in [0.15, 0.2) is 5.88 Å². The van der Waals surface area contributed by atoms with Crippen LogP contribution in [0.25, 0.3) is 28.1 Å². The molecule has 0 spiro atoms. The molecule has 3 atom stereocenters. The lowest BCUT2D eigenvalue weighted by molar-refractivity contribution is -0.0513.